The minimum absolute atomic E-state index is 0.0278. The highest BCUT2D eigenvalue weighted by Gasteiger charge is 2.21. The van der Waals surface area contributed by atoms with E-state index in [0.717, 1.165) is 0 Å². The van der Waals surface area contributed by atoms with Crippen LogP contribution >= 0.6 is 0 Å². The average molecular weight is 304 g/mol. The minimum atomic E-state index is -1.33. The van der Waals surface area contributed by atoms with Gasteiger partial charge in [-0.2, -0.15) is 0 Å². The van der Waals surface area contributed by atoms with Crippen molar-refractivity contribution in [2.45, 2.75) is 44.6 Å². The number of carboxylic acid groups (broad SMARTS) is 1. The number of ether oxygens (including phenoxy) is 1. The Hall–Kier alpha value is -1.44. The standard InChI is InChI=1S/C14H24O7/c15-7-3-1-5-9-21-14(20)11(10-13(18)19)12(17)6-2-4-8-16/h10,12,15-17H,1-9H2,(H,18,19)/b11-10-. The Labute approximate surface area is 123 Å². The van der Waals surface area contributed by atoms with E-state index in [9.17, 15) is 14.7 Å². The van der Waals surface area contributed by atoms with Gasteiger partial charge in [0.2, 0.25) is 0 Å². The third-order valence-corrected chi connectivity index (χ3v) is 2.79. The maximum Gasteiger partial charge on any atom is 0.336 e. The summed E-state index contributed by atoms with van der Waals surface area (Å²) >= 11 is 0. The second kappa shape index (κ2) is 12.3. The molecular weight excluding hydrogens is 280 g/mol. The van der Waals surface area contributed by atoms with Gasteiger partial charge in [-0.05, 0) is 38.5 Å². The number of aliphatic hydroxyl groups is 3. The quantitative estimate of drug-likeness (QED) is 0.231. The van der Waals surface area contributed by atoms with Crippen LogP contribution in [0.25, 0.3) is 0 Å². The molecule has 0 saturated heterocycles. The van der Waals surface area contributed by atoms with Gasteiger partial charge in [-0.15, -0.1) is 0 Å². The van der Waals surface area contributed by atoms with Crippen LogP contribution in [0.3, 0.4) is 0 Å². The van der Waals surface area contributed by atoms with Crippen LogP contribution in [0.15, 0.2) is 11.6 Å². The van der Waals surface area contributed by atoms with Crippen molar-refractivity contribution in [2.24, 2.45) is 0 Å². The monoisotopic (exact) mass is 304 g/mol. The van der Waals surface area contributed by atoms with Crippen LogP contribution in [0.1, 0.15) is 38.5 Å². The summed E-state index contributed by atoms with van der Waals surface area (Å²) in [5.41, 5.74) is -0.289. The van der Waals surface area contributed by atoms with Crippen molar-refractivity contribution < 1.29 is 34.8 Å². The molecule has 0 heterocycles. The van der Waals surface area contributed by atoms with E-state index in [0.29, 0.717) is 38.2 Å². The average Bonchev–Trinajstić information content (AvgIpc) is 2.44. The van der Waals surface area contributed by atoms with Gasteiger partial charge in [0.25, 0.3) is 0 Å². The van der Waals surface area contributed by atoms with Crippen LogP contribution in [-0.4, -0.2) is 58.3 Å². The van der Waals surface area contributed by atoms with Crippen LogP contribution in [0, 0.1) is 0 Å². The van der Waals surface area contributed by atoms with Gasteiger partial charge in [-0.1, -0.05) is 0 Å². The van der Waals surface area contributed by atoms with Crippen molar-refractivity contribution in [3.05, 3.63) is 11.6 Å². The molecule has 0 aromatic carbocycles. The van der Waals surface area contributed by atoms with Gasteiger partial charge in [0, 0.05) is 19.3 Å². The molecule has 1 unspecified atom stereocenters. The Morgan fingerprint density at radius 1 is 1.00 bits per heavy atom. The summed E-state index contributed by atoms with van der Waals surface area (Å²) in [6, 6.07) is 0. The fraction of sp³-hybridized carbons (Fsp3) is 0.714. The highest BCUT2D eigenvalue weighted by molar-refractivity contribution is 5.96. The summed E-state index contributed by atoms with van der Waals surface area (Å²) in [4.78, 5) is 22.5. The predicted octanol–water partition coefficient (Wildman–Crippen LogP) is 0.227. The Bertz CT molecular complexity index is 338. The summed E-state index contributed by atoms with van der Waals surface area (Å²) in [6.07, 6.45) is 2.41. The molecular formula is C14H24O7. The number of aliphatic carboxylic acids is 1. The van der Waals surface area contributed by atoms with Crippen molar-refractivity contribution in [1.29, 1.82) is 0 Å². The van der Waals surface area contributed by atoms with Crippen LogP contribution < -0.4 is 0 Å². The highest BCUT2D eigenvalue weighted by atomic mass is 16.5. The summed E-state index contributed by atoms with van der Waals surface area (Å²) in [6.45, 7) is 0.154. The summed E-state index contributed by atoms with van der Waals surface area (Å²) < 4.78 is 4.92. The molecule has 21 heavy (non-hydrogen) atoms. The lowest BCUT2D eigenvalue weighted by Gasteiger charge is -2.13. The van der Waals surface area contributed by atoms with Crippen molar-refractivity contribution in [3.63, 3.8) is 0 Å². The first-order valence-corrected chi connectivity index (χ1v) is 7.04. The van der Waals surface area contributed by atoms with E-state index >= 15 is 0 Å². The lowest BCUT2D eigenvalue weighted by atomic mass is 10.0. The van der Waals surface area contributed by atoms with Crippen molar-refractivity contribution in [3.8, 4) is 0 Å². The van der Waals surface area contributed by atoms with E-state index in [-0.39, 0.29) is 31.8 Å². The number of carbonyl (C=O) groups is 2. The third-order valence-electron chi connectivity index (χ3n) is 2.79. The first kappa shape index (κ1) is 19.6. The molecule has 0 aliphatic carbocycles. The second-order valence-electron chi connectivity index (χ2n) is 4.59. The minimum Gasteiger partial charge on any atom is -0.478 e. The van der Waals surface area contributed by atoms with Gasteiger partial charge in [0.1, 0.15) is 0 Å². The van der Waals surface area contributed by atoms with Crippen LogP contribution in [0.5, 0.6) is 0 Å². The van der Waals surface area contributed by atoms with Gasteiger partial charge < -0.3 is 25.2 Å². The fourth-order valence-corrected chi connectivity index (χ4v) is 1.67. The van der Waals surface area contributed by atoms with Crippen molar-refractivity contribution in [2.75, 3.05) is 19.8 Å². The molecule has 122 valence electrons. The van der Waals surface area contributed by atoms with Crippen molar-refractivity contribution >= 4 is 11.9 Å². The van der Waals surface area contributed by atoms with E-state index in [2.05, 4.69) is 0 Å². The molecule has 0 radical (unpaired) electrons. The number of carboxylic acids is 1. The molecule has 0 aliphatic rings. The first-order chi connectivity index (χ1) is 10.0. The molecule has 0 bridgehead atoms. The smallest absolute Gasteiger partial charge is 0.336 e. The zero-order chi connectivity index (χ0) is 16.1. The molecule has 1 atom stereocenters. The number of hydrogen-bond acceptors (Lipinski definition) is 6. The van der Waals surface area contributed by atoms with E-state index in [1.54, 1.807) is 0 Å². The zero-order valence-electron chi connectivity index (χ0n) is 12.0. The lowest BCUT2D eigenvalue weighted by molar-refractivity contribution is -0.141. The first-order valence-electron chi connectivity index (χ1n) is 7.04. The fourth-order valence-electron chi connectivity index (χ4n) is 1.67. The van der Waals surface area contributed by atoms with Gasteiger partial charge in [-0.25, -0.2) is 9.59 Å². The van der Waals surface area contributed by atoms with Crippen LogP contribution in [0.4, 0.5) is 0 Å². The van der Waals surface area contributed by atoms with Crippen molar-refractivity contribution in [1.82, 2.24) is 0 Å². The molecule has 0 rings (SSSR count). The molecule has 7 nitrogen and oxygen atoms in total. The molecule has 0 aliphatic heterocycles. The number of carbonyl (C=O) groups excluding carboxylic acids is 1. The Morgan fingerprint density at radius 3 is 2.19 bits per heavy atom. The Morgan fingerprint density at radius 2 is 1.62 bits per heavy atom. The number of hydrogen-bond donors (Lipinski definition) is 4. The number of esters is 1. The van der Waals surface area contributed by atoms with Gasteiger partial charge >= 0.3 is 11.9 Å². The topological polar surface area (TPSA) is 124 Å². The van der Waals surface area contributed by atoms with E-state index in [4.69, 9.17) is 20.1 Å². The van der Waals surface area contributed by atoms with Crippen LogP contribution in [0.2, 0.25) is 0 Å². The number of rotatable bonds is 12. The Balaban J connectivity index is 4.39. The Kier molecular flexibility index (Phi) is 11.5. The van der Waals surface area contributed by atoms with E-state index in [1.165, 1.54) is 0 Å². The van der Waals surface area contributed by atoms with Gasteiger partial charge in [-0.3, -0.25) is 0 Å². The normalized spacial score (nSPS) is 13.0. The molecule has 0 aromatic heterocycles. The van der Waals surface area contributed by atoms with Gasteiger partial charge in [0.05, 0.1) is 18.3 Å². The molecule has 0 amide bonds. The third kappa shape index (κ3) is 10.0. The maximum absolute atomic E-state index is 11.8. The predicted molar refractivity (Wildman–Crippen MR) is 74.6 cm³/mol. The largest absolute Gasteiger partial charge is 0.478 e. The molecule has 7 heteroatoms. The summed E-state index contributed by atoms with van der Waals surface area (Å²) in [5.74, 6) is -2.18. The molecule has 0 spiro atoms. The van der Waals surface area contributed by atoms with Gasteiger partial charge in [0.15, 0.2) is 0 Å². The molecule has 0 saturated carbocycles. The van der Waals surface area contributed by atoms with E-state index in [1.807, 2.05) is 0 Å². The van der Waals surface area contributed by atoms with E-state index < -0.39 is 18.0 Å². The molecule has 0 aromatic rings. The lowest BCUT2D eigenvalue weighted by Crippen LogP contribution is -2.22. The number of unbranched alkanes of at least 4 members (excludes halogenated alkanes) is 3. The highest BCUT2D eigenvalue weighted by Crippen LogP contribution is 2.13. The second-order valence-corrected chi connectivity index (χ2v) is 4.59. The molecule has 0 fully saturated rings. The molecule has 4 N–H and O–H groups in total. The zero-order valence-corrected chi connectivity index (χ0v) is 12.0. The summed E-state index contributed by atoms with van der Waals surface area (Å²) in [5, 5.41) is 35.8. The summed E-state index contributed by atoms with van der Waals surface area (Å²) in [7, 11) is 0. The number of aliphatic hydroxyl groups excluding tert-OH is 3. The maximum atomic E-state index is 11.8. The van der Waals surface area contributed by atoms with Crippen LogP contribution in [-0.2, 0) is 14.3 Å². The SMILES string of the molecule is O=C(O)/C=C(\C(=O)OCCCCCO)C(O)CCCCO.